The van der Waals surface area contributed by atoms with Crippen molar-refractivity contribution in [2.45, 2.75) is 40.2 Å². The molecule has 0 aliphatic carbocycles. The number of nitrogens with zero attached hydrogens (tertiary/aromatic N) is 1. The van der Waals surface area contributed by atoms with Gasteiger partial charge in [0.25, 0.3) is 0 Å². The molecule has 0 amide bonds. The number of aromatic nitrogens is 1. The molecule has 1 heterocycles. The summed E-state index contributed by atoms with van der Waals surface area (Å²) in [5.41, 5.74) is 5.41. The zero-order chi connectivity index (χ0) is 15.4. The van der Waals surface area contributed by atoms with Gasteiger partial charge in [0.1, 0.15) is 5.82 Å². The quantitative estimate of drug-likeness (QED) is 0.897. The minimum absolute atomic E-state index is 0.156. The number of aryl methyl sites for hydroxylation is 3. The van der Waals surface area contributed by atoms with Crippen LogP contribution in [0.4, 0.5) is 4.39 Å². The molecule has 0 aliphatic rings. The lowest BCUT2D eigenvalue weighted by Crippen LogP contribution is -2.24. The fourth-order valence-corrected chi connectivity index (χ4v) is 2.68. The fourth-order valence-electron chi connectivity index (χ4n) is 2.68. The number of hydrogen-bond acceptors (Lipinski definition) is 2. The molecule has 1 aromatic carbocycles. The predicted molar refractivity (Wildman–Crippen MR) is 85.0 cm³/mol. The van der Waals surface area contributed by atoms with Crippen LogP contribution in [0.15, 0.2) is 30.3 Å². The Morgan fingerprint density at radius 1 is 1.14 bits per heavy atom. The van der Waals surface area contributed by atoms with Crippen molar-refractivity contribution in [3.63, 3.8) is 0 Å². The number of nitrogens with one attached hydrogen (secondary N) is 1. The van der Waals surface area contributed by atoms with Crippen molar-refractivity contribution in [3.05, 3.63) is 64.2 Å². The monoisotopic (exact) mass is 286 g/mol. The Labute approximate surface area is 126 Å². The minimum Gasteiger partial charge on any atom is -0.310 e. The van der Waals surface area contributed by atoms with E-state index in [9.17, 15) is 4.39 Å². The molecule has 1 unspecified atom stereocenters. The van der Waals surface area contributed by atoms with E-state index in [4.69, 9.17) is 0 Å². The average molecular weight is 286 g/mol. The first-order chi connectivity index (χ1) is 10.0. The molecule has 21 heavy (non-hydrogen) atoms. The first-order valence-electron chi connectivity index (χ1n) is 7.43. The molecule has 2 rings (SSSR count). The molecule has 0 bridgehead atoms. The molecule has 0 spiro atoms. The first-order valence-corrected chi connectivity index (χ1v) is 7.43. The maximum Gasteiger partial charge on any atom is 0.123 e. The number of hydrogen-bond donors (Lipinski definition) is 1. The van der Waals surface area contributed by atoms with E-state index in [2.05, 4.69) is 23.3 Å². The van der Waals surface area contributed by atoms with Crippen LogP contribution in [0.25, 0.3) is 0 Å². The molecular formula is C18H23FN2. The summed E-state index contributed by atoms with van der Waals surface area (Å²) >= 11 is 0. The Balaban J connectivity index is 2.32. The van der Waals surface area contributed by atoms with Gasteiger partial charge in [0.2, 0.25) is 0 Å². The highest BCUT2D eigenvalue weighted by molar-refractivity contribution is 5.31. The predicted octanol–water partition coefficient (Wildman–Crippen LogP) is 4.04. The standard InChI is InChI=1S/C18H23FN2/c1-5-20-18(17-9-7-13(3)21-14(17)4)11-15-10-16(19)8-6-12(15)2/h6-10,18,20H,5,11H2,1-4H3. The van der Waals surface area contributed by atoms with Crippen LogP contribution in [-0.4, -0.2) is 11.5 Å². The third-order valence-corrected chi connectivity index (χ3v) is 3.83. The van der Waals surface area contributed by atoms with E-state index in [1.165, 1.54) is 11.6 Å². The number of rotatable bonds is 5. The maximum absolute atomic E-state index is 13.5. The molecule has 0 saturated heterocycles. The number of likely N-dealkylation sites (N-methyl/N-ethyl adjacent to an activating group) is 1. The van der Waals surface area contributed by atoms with Gasteiger partial charge in [0.05, 0.1) is 0 Å². The summed E-state index contributed by atoms with van der Waals surface area (Å²) < 4.78 is 13.5. The molecule has 0 radical (unpaired) electrons. The van der Waals surface area contributed by atoms with Crippen LogP contribution in [0.5, 0.6) is 0 Å². The Bertz CT molecular complexity index is 623. The SMILES string of the molecule is CCNC(Cc1cc(F)ccc1C)c1ccc(C)nc1C. The highest BCUT2D eigenvalue weighted by Gasteiger charge is 2.15. The Kier molecular flexibility index (Phi) is 5.07. The van der Waals surface area contributed by atoms with E-state index in [0.29, 0.717) is 0 Å². The molecule has 1 N–H and O–H groups in total. The molecule has 2 nitrogen and oxygen atoms in total. The molecule has 0 fully saturated rings. The van der Waals surface area contributed by atoms with Gasteiger partial charge in [-0.25, -0.2) is 4.39 Å². The molecule has 3 heteroatoms. The molecule has 112 valence electrons. The van der Waals surface area contributed by atoms with Gasteiger partial charge in [0, 0.05) is 17.4 Å². The summed E-state index contributed by atoms with van der Waals surface area (Å²) in [6.45, 7) is 9.01. The topological polar surface area (TPSA) is 24.9 Å². The van der Waals surface area contributed by atoms with Gasteiger partial charge in [-0.1, -0.05) is 19.1 Å². The van der Waals surface area contributed by atoms with E-state index >= 15 is 0 Å². The van der Waals surface area contributed by atoms with Crippen molar-refractivity contribution in [1.82, 2.24) is 10.3 Å². The number of benzene rings is 1. The third-order valence-electron chi connectivity index (χ3n) is 3.83. The largest absolute Gasteiger partial charge is 0.310 e. The van der Waals surface area contributed by atoms with E-state index in [-0.39, 0.29) is 11.9 Å². The minimum atomic E-state index is -0.176. The smallest absolute Gasteiger partial charge is 0.123 e. The lowest BCUT2D eigenvalue weighted by Gasteiger charge is -2.21. The zero-order valence-electron chi connectivity index (χ0n) is 13.2. The summed E-state index contributed by atoms with van der Waals surface area (Å²) in [5.74, 6) is -0.176. The van der Waals surface area contributed by atoms with Crippen LogP contribution in [0.2, 0.25) is 0 Å². The Hall–Kier alpha value is -1.74. The van der Waals surface area contributed by atoms with Gasteiger partial charge < -0.3 is 5.32 Å². The summed E-state index contributed by atoms with van der Waals surface area (Å²) in [6, 6.07) is 9.30. The van der Waals surface area contributed by atoms with Crippen molar-refractivity contribution >= 4 is 0 Å². The lowest BCUT2D eigenvalue weighted by molar-refractivity contribution is 0.540. The normalized spacial score (nSPS) is 12.4. The highest BCUT2D eigenvalue weighted by atomic mass is 19.1. The second-order valence-electron chi connectivity index (χ2n) is 5.51. The van der Waals surface area contributed by atoms with Crippen LogP contribution in [0.3, 0.4) is 0 Å². The van der Waals surface area contributed by atoms with Gasteiger partial charge in [-0.15, -0.1) is 0 Å². The summed E-state index contributed by atoms with van der Waals surface area (Å²) in [7, 11) is 0. The molecule has 1 aromatic heterocycles. The Morgan fingerprint density at radius 3 is 2.57 bits per heavy atom. The maximum atomic E-state index is 13.5. The van der Waals surface area contributed by atoms with Crippen LogP contribution < -0.4 is 5.32 Å². The second kappa shape index (κ2) is 6.81. The van der Waals surface area contributed by atoms with Crippen molar-refractivity contribution < 1.29 is 4.39 Å². The molecule has 0 aliphatic heterocycles. The van der Waals surface area contributed by atoms with E-state index < -0.39 is 0 Å². The van der Waals surface area contributed by atoms with Gasteiger partial charge in [-0.2, -0.15) is 0 Å². The first kappa shape index (κ1) is 15.6. The highest BCUT2D eigenvalue weighted by Crippen LogP contribution is 2.23. The van der Waals surface area contributed by atoms with E-state index in [0.717, 1.165) is 35.5 Å². The van der Waals surface area contributed by atoms with Crippen molar-refractivity contribution in [3.8, 4) is 0 Å². The van der Waals surface area contributed by atoms with Crippen LogP contribution in [0, 0.1) is 26.6 Å². The number of pyridine rings is 1. The second-order valence-corrected chi connectivity index (χ2v) is 5.51. The number of halogens is 1. The average Bonchev–Trinajstić information content (AvgIpc) is 2.42. The Morgan fingerprint density at radius 2 is 1.90 bits per heavy atom. The van der Waals surface area contributed by atoms with E-state index in [1.54, 1.807) is 6.07 Å². The van der Waals surface area contributed by atoms with Crippen molar-refractivity contribution in [2.75, 3.05) is 6.54 Å². The van der Waals surface area contributed by atoms with Crippen LogP contribution >= 0.6 is 0 Å². The molecule has 1 atom stereocenters. The third kappa shape index (κ3) is 3.88. The van der Waals surface area contributed by atoms with Crippen molar-refractivity contribution in [1.29, 1.82) is 0 Å². The zero-order valence-corrected chi connectivity index (χ0v) is 13.2. The van der Waals surface area contributed by atoms with Gasteiger partial charge in [-0.05, 0) is 68.6 Å². The van der Waals surface area contributed by atoms with Gasteiger partial charge in [0.15, 0.2) is 0 Å². The lowest BCUT2D eigenvalue weighted by atomic mass is 9.95. The summed E-state index contributed by atoms with van der Waals surface area (Å²) in [6.07, 6.45) is 0.767. The molecule has 0 saturated carbocycles. The molecular weight excluding hydrogens is 263 g/mol. The summed E-state index contributed by atoms with van der Waals surface area (Å²) in [5, 5.41) is 3.49. The van der Waals surface area contributed by atoms with Gasteiger partial charge >= 0.3 is 0 Å². The van der Waals surface area contributed by atoms with Crippen molar-refractivity contribution in [2.24, 2.45) is 0 Å². The van der Waals surface area contributed by atoms with Crippen LogP contribution in [0.1, 0.15) is 41.0 Å². The van der Waals surface area contributed by atoms with E-state index in [1.807, 2.05) is 32.9 Å². The fraction of sp³-hybridized carbons (Fsp3) is 0.389. The van der Waals surface area contributed by atoms with Crippen LogP contribution in [-0.2, 0) is 6.42 Å². The van der Waals surface area contributed by atoms with Gasteiger partial charge in [-0.3, -0.25) is 4.98 Å². The molecule has 2 aromatic rings. The summed E-state index contributed by atoms with van der Waals surface area (Å²) in [4.78, 5) is 4.54.